The Labute approximate surface area is 207 Å². The molecule has 0 aliphatic heterocycles. The Balaban J connectivity index is 1.66. The first kappa shape index (κ1) is 21.1. The molecule has 164 valence electrons. The zero-order valence-electron chi connectivity index (χ0n) is 18.0. The minimum atomic E-state index is -0.343. The number of hydrogen-bond donors (Lipinski definition) is 0. The Hall–Kier alpha value is -3.46. The molecular weight excluding hydrogens is 463 g/mol. The van der Waals surface area contributed by atoms with Crippen molar-refractivity contribution in [3.8, 4) is 0 Å². The zero-order valence-corrected chi connectivity index (χ0v) is 19.5. The molecule has 4 heteroatoms. The SMILES string of the molecule is O=C1/C(=C2/C(=O)c3ccccc3[C@H]2c2ccc(Cl)cc2)[C@H](c2ccc(Cl)cc2)c2ccccc21. The second kappa shape index (κ2) is 8.09. The predicted molar refractivity (Wildman–Crippen MR) is 135 cm³/mol. The van der Waals surface area contributed by atoms with Gasteiger partial charge in [0.25, 0.3) is 0 Å². The summed E-state index contributed by atoms with van der Waals surface area (Å²) in [6, 6.07) is 30.3. The van der Waals surface area contributed by atoms with Crippen LogP contribution in [0.15, 0.2) is 108 Å². The van der Waals surface area contributed by atoms with Gasteiger partial charge in [0, 0.05) is 44.2 Å². The summed E-state index contributed by atoms with van der Waals surface area (Å²) in [5.74, 6) is -0.871. The highest BCUT2D eigenvalue weighted by Gasteiger charge is 2.45. The van der Waals surface area contributed by atoms with Crippen LogP contribution < -0.4 is 0 Å². The maximum atomic E-state index is 13.9. The fraction of sp³-hybridized carbons (Fsp3) is 0.0667. The molecule has 2 nitrogen and oxygen atoms in total. The molecule has 34 heavy (non-hydrogen) atoms. The van der Waals surface area contributed by atoms with E-state index in [2.05, 4.69) is 0 Å². The minimum Gasteiger partial charge on any atom is -0.289 e. The van der Waals surface area contributed by atoms with Gasteiger partial charge in [0.1, 0.15) is 0 Å². The minimum absolute atomic E-state index is 0.0920. The van der Waals surface area contributed by atoms with E-state index in [0.29, 0.717) is 32.3 Å². The summed E-state index contributed by atoms with van der Waals surface area (Å²) < 4.78 is 0. The molecule has 0 aromatic heterocycles. The largest absolute Gasteiger partial charge is 0.289 e. The third kappa shape index (κ3) is 3.18. The quantitative estimate of drug-likeness (QED) is 0.276. The molecule has 0 heterocycles. The van der Waals surface area contributed by atoms with Gasteiger partial charge in [-0.25, -0.2) is 0 Å². The molecule has 0 amide bonds. The summed E-state index contributed by atoms with van der Waals surface area (Å²) in [5.41, 5.74) is 6.07. The highest BCUT2D eigenvalue weighted by Crippen LogP contribution is 2.51. The monoisotopic (exact) mass is 480 g/mol. The summed E-state index contributed by atoms with van der Waals surface area (Å²) in [5, 5.41) is 1.25. The molecule has 2 aliphatic carbocycles. The Morgan fingerprint density at radius 3 is 1.21 bits per heavy atom. The molecule has 2 atom stereocenters. The van der Waals surface area contributed by atoms with Crippen molar-refractivity contribution in [2.45, 2.75) is 11.8 Å². The first-order chi connectivity index (χ1) is 16.5. The number of rotatable bonds is 2. The molecule has 0 N–H and O–H groups in total. The van der Waals surface area contributed by atoms with Gasteiger partial charge in [-0.1, -0.05) is 96.0 Å². The lowest BCUT2D eigenvalue weighted by Crippen LogP contribution is -2.13. The van der Waals surface area contributed by atoms with Crippen LogP contribution in [0, 0.1) is 0 Å². The lowest BCUT2D eigenvalue weighted by atomic mass is 9.81. The molecule has 0 unspecified atom stereocenters. The molecule has 4 aromatic carbocycles. The number of halogens is 2. The van der Waals surface area contributed by atoms with Crippen LogP contribution in [-0.4, -0.2) is 11.6 Å². The van der Waals surface area contributed by atoms with Crippen molar-refractivity contribution in [2.24, 2.45) is 0 Å². The molecule has 0 saturated heterocycles. The van der Waals surface area contributed by atoms with E-state index in [4.69, 9.17) is 23.2 Å². The van der Waals surface area contributed by atoms with Gasteiger partial charge >= 0.3 is 0 Å². The lowest BCUT2D eigenvalue weighted by Gasteiger charge is -2.20. The van der Waals surface area contributed by atoms with Crippen molar-refractivity contribution in [3.05, 3.63) is 152 Å². The third-order valence-electron chi connectivity index (χ3n) is 6.80. The number of fused-ring (bicyclic) bond motifs is 2. The lowest BCUT2D eigenvalue weighted by molar-refractivity contribution is 0.100. The fourth-order valence-corrected chi connectivity index (χ4v) is 5.58. The average Bonchev–Trinajstić information content (AvgIpc) is 3.31. The maximum Gasteiger partial charge on any atom is 0.190 e. The van der Waals surface area contributed by atoms with Crippen molar-refractivity contribution in [1.29, 1.82) is 0 Å². The van der Waals surface area contributed by atoms with Crippen molar-refractivity contribution >= 4 is 34.8 Å². The standard InChI is InChI=1S/C30H18Cl2O2/c31-19-13-9-17(10-14-19)25-21-5-1-3-7-23(21)29(33)27(25)28-26(18-11-15-20(32)16-12-18)22-6-2-4-8-24(22)30(28)34/h1-16,25-26H/b28-27+/t25-,26-/m1/s1. The molecule has 0 saturated carbocycles. The van der Waals surface area contributed by atoms with E-state index < -0.39 is 0 Å². The van der Waals surface area contributed by atoms with Crippen molar-refractivity contribution < 1.29 is 9.59 Å². The Morgan fingerprint density at radius 1 is 0.471 bits per heavy atom. The summed E-state index contributed by atoms with van der Waals surface area (Å²) in [6.07, 6.45) is 0. The predicted octanol–water partition coefficient (Wildman–Crippen LogP) is 7.65. The summed E-state index contributed by atoms with van der Waals surface area (Å²) in [4.78, 5) is 27.8. The van der Waals surface area contributed by atoms with E-state index >= 15 is 0 Å². The van der Waals surface area contributed by atoms with E-state index in [0.717, 1.165) is 22.3 Å². The second-order valence-electron chi connectivity index (χ2n) is 8.63. The van der Waals surface area contributed by atoms with Gasteiger partial charge in [0.05, 0.1) is 0 Å². The van der Waals surface area contributed by atoms with E-state index in [-0.39, 0.29) is 23.4 Å². The Bertz CT molecular complexity index is 1380. The maximum absolute atomic E-state index is 13.9. The highest BCUT2D eigenvalue weighted by molar-refractivity contribution is 6.31. The van der Waals surface area contributed by atoms with Crippen LogP contribution in [0.1, 0.15) is 54.8 Å². The molecule has 4 aromatic rings. The molecule has 0 radical (unpaired) electrons. The molecule has 0 spiro atoms. The molecule has 6 rings (SSSR count). The normalized spacial score (nSPS) is 21.0. The Kier molecular flexibility index (Phi) is 5.02. The number of carbonyl (C=O) groups is 2. The Morgan fingerprint density at radius 2 is 0.824 bits per heavy atom. The summed E-state index contributed by atoms with van der Waals surface area (Å²) >= 11 is 12.3. The summed E-state index contributed by atoms with van der Waals surface area (Å²) in [7, 11) is 0. The zero-order chi connectivity index (χ0) is 23.4. The number of Topliss-reactive ketones (excluding diaryl/α,β-unsaturated/α-hetero) is 2. The van der Waals surface area contributed by atoms with E-state index in [1.807, 2.05) is 97.1 Å². The molecule has 0 fully saturated rings. The van der Waals surface area contributed by atoms with E-state index in [9.17, 15) is 9.59 Å². The van der Waals surface area contributed by atoms with Crippen LogP contribution in [0.25, 0.3) is 0 Å². The smallest absolute Gasteiger partial charge is 0.190 e. The van der Waals surface area contributed by atoms with E-state index in [1.165, 1.54) is 0 Å². The highest BCUT2D eigenvalue weighted by atomic mass is 35.5. The van der Waals surface area contributed by atoms with Gasteiger partial charge in [-0.15, -0.1) is 0 Å². The van der Waals surface area contributed by atoms with Crippen LogP contribution >= 0.6 is 23.2 Å². The van der Waals surface area contributed by atoms with Gasteiger partial charge in [-0.3, -0.25) is 9.59 Å². The number of carbonyl (C=O) groups excluding carboxylic acids is 2. The molecular formula is C30H18Cl2O2. The molecule has 0 bridgehead atoms. The summed E-state index contributed by atoms with van der Waals surface area (Å²) in [6.45, 7) is 0. The van der Waals surface area contributed by atoms with Crippen molar-refractivity contribution in [3.63, 3.8) is 0 Å². The van der Waals surface area contributed by atoms with Gasteiger partial charge in [0.2, 0.25) is 0 Å². The van der Waals surface area contributed by atoms with E-state index in [1.54, 1.807) is 0 Å². The van der Waals surface area contributed by atoms with Crippen molar-refractivity contribution in [1.82, 2.24) is 0 Å². The topological polar surface area (TPSA) is 34.1 Å². The van der Waals surface area contributed by atoms with Crippen LogP contribution in [0.5, 0.6) is 0 Å². The van der Waals surface area contributed by atoms with Gasteiger partial charge in [0.15, 0.2) is 11.6 Å². The van der Waals surface area contributed by atoms with Gasteiger partial charge in [-0.05, 0) is 46.5 Å². The van der Waals surface area contributed by atoms with Crippen LogP contribution in [0.2, 0.25) is 10.0 Å². The first-order valence-corrected chi connectivity index (χ1v) is 11.8. The molecule has 2 aliphatic rings. The van der Waals surface area contributed by atoms with Crippen LogP contribution in [0.4, 0.5) is 0 Å². The van der Waals surface area contributed by atoms with Crippen molar-refractivity contribution in [2.75, 3.05) is 0 Å². The number of hydrogen-bond acceptors (Lipinski definition) is 2. The third-order valence-corrected chi connectivity index (χ3v) is 7.30. The second-order valence-corrected chi connectivity index (χ2v) is 9.50. The fourth-order valence-electron chi connectivity index (χ4n) is 5.33. The van der Waals surface area contributed by atoms with Gasteiger partial charge in [-0.2, -0.15) is 0 Å². The van der Waals surface area contributed by atoms with Crippen LogP contribution in [0.3, 0.4) is 0 Å². The van der Waals surface area contributed by atoms with Crippen LogP contribution in [-0.2, 0) is 0 Å². The average molecular weight is 481 g/mol. The number of allylic oxidation sites excluding steroid dienone is 2. The van der Waals surface area contributed by atoms with Gasteiger partial charge < -0.3 is 0 Å². The number of benzene rings is 4. The number of ketones is 2. The first-order valence-electron chi connectivity index (χ1n) is 11.1.